The molecule has 0 aromatic carbocycles. The normalized spacial score (nSPS) is 32.9. The van der Waals surface area contributed by atoms with Gasteiger partial charge in [0.1, 0.15) is 0 Å². The van der Waals surface area contributed by atoms with Crippen molar-refractivity contribution >= 4 is 11.7 Å². The van der Waals surface area contributed by atoms with Gasteiger partial charge in [-0.1, -0.05) is 25.7 Å². The predicted octanol–water partition coefficient (Wildman–Crippen LogP) is 2.39. The van der Waals surface area contributed by atoms with Gasteiger partial charge in [0.05, 0.1) is 0 Å². The van der Waals surface area contributed by atoms with Gasteiger partial charge in [-0.25, -0.2) is 10.2 Å². The molecule has 0 radical (unpaired) electrons. The third-order valence-electron chi connectivity index (χ3n) is 3.67. The number of carbonyl (C=O) groups excluding carboxylic acids is 1. The van der Waals surface area contributed by atoms with Crippen LogP contribution in [-0.2, 0) is 0 Å². The van der Waals surface area contributed by atoms with Crippen LogP contribution in [0.5, 0.6) is 0 Å². The molecule has 4 nitrogen and oxygen atoms in total. The van der Waals surface area contributed by atoms with Crippen molar-refractivity contribution in [2.45, 2.75) is 51.4 Å². The molecule has 2 amide bonds. The summed E-state index contributed by atoms with van der Waals surface area (Å²) in [6.45, 7) is 0. The summed E-state index contributed by atoms with van der Waals surface area (Å²) in [5.74, 6) is 1.46. The summed E-state index contributed by atoms with van der Waals surface area (Å²) < 4.78 is 0. The Bertz CT molecular complexity index is 288. The number of nitrogens with zero attached hydrogens (tertiary/aromatic N) is 1. The van der Waals surface area contributed by atoms with Crippen LogP contribution in [0.1, 0.15) is 51.4 Å². The molecule has 0 aliphatic heterocycles. The maximum atomic E-state index is 10.6. The minimum Gasteiger partial charge on any atom is -0.350 e. The molecule has 0 bridgehead atoms. The van der Waals surface area contributed by atoms with Crippen molar-refractivity contribution in [2.75, 3.05) is 0 Å². The van der Waals surface area contributed by atoms with Crippen molar-refractivity contribution in [3.63, 3.8) is 0 Å². The second kappa shape index (κ2) is 5.32. The molecule has 0 saturated heterocycles. The van der Waals surface area contributed by atoms with Crippen LogP contribution in [-0.4, -0.2) is 11.7 Å². The van der Waals surface area contributed by atoms with E-state index in [4.69, 9.17) is 5.73 Å². The Morgan fingerprint density at radius 1 is 1.25 bits per heavy atom. The SMILES string of the molecule is NC(=O)N/N=C1\CCCCCCC[C@H]2C[C@@H]12. The van der Waals surface area contributed by atoms with Crippen LogP contribution in [0.4, 0.5) is 4.79 Å². The molecule has 2 fully saturated rings. The standard InChI is InChI=1S/C12H21N3O/c13-12(16)15-14-11-7-5-3-1-2-4-6-9-8-10(9)11/h9-10H,1-8H2,(H3,13,15,16)/b14-11+/t9-,10+/m0/s1. The van der Waals surface area contributed by atoms with Crippen molar-refractivity contribution in [1.82, 2.24) is 5.43 Å². The highest BCUT2D eigenvalue weighted by atomic mass is 16.2. The quantitative estimate of drug-likeness (QED) is 0.658. The van der Waals surface area contributed by atoms with Gasteiger partial charge >= 0.3 is 6.03 Å². The Balaban J connectivity index is 1.92. The fourth-order valence-corrected chi connectivity index (χ4v) is 2.67. The van der Waals surface area contributed by atoms with Crippen LogP contribution in [0.2, 0.25) is 0 Å². The van der Waals surface area contributed by atoms with E-state index in [9.17, 15) is 4.79 Å². The van der Waals surface area contributed by atoms with Gasteiger partial charge in [0.2, 0.25) is 0 Å². The van der Waals surface area contributed by atoms with Gasteiger partial charge in [-0.05, 0) is 31.6 Å². The molecule has 0 spiro atoms. The van der Waals surface area contributed by atoms with Crippen LogP contribution in [0.25, 0.3) is 0 Å². The number of hydrogen-bond donors (Lipinski definition) is 2. The van der Waals surface area contributed by atoms with E-state index in [1.807, 2.05) is 0 Å². The zero-order chi connectivity index (χ0) is 11.4. The molecule has 0 unspecified atom stereocenters. The number of primary amides is 1. The molecule has 16 heavy (non-hydrogen) atoms. The van der Waals surface area contributed by atoms with E-state index >= 15 is 0 Å². The molecule has 2 saturated carbocycles. The van der Waals surface area contributed by atoms with Gasteiger partial charge in [0, 0.05) is 11.6 Å². The Morgan fingerprint density at radius 2 is 2.00 bits per heavy atom. The van der Waals surface area contributed by atoms with Crippen molar-refractivity contribution in [3.8, 4) is 0 Å². The molecule has 4 heteroatoms. The van der Waals surface area contributed by atoms with Gasteiger partial charge < -0.3 is 5.73 Å². The third kappa shape index (κ3) is 3.22. The zero-order valence-electron chi connectivity index (χ0n) is 9.74. The molecular weight excluding hydrogens is 202 g/mol. The summed E-state index contributed by atoms with van der Waals surface area (Å²) >= 11 is 0. The number of hydrogen-bond acceptors (Lipinski definition) is 2. The maximum Gasteiger partial charge on any atom is 0.332 e. The smallest absolute Gasteiger partial charge is 0.332 e. The van der Waals surface area contributed by atoms with Crippen molar-refractivity contribution in [2.24, 2.45) is 22.7 Å². The molecule has 2 atom stereocenters. The fourth-order valence-electron chi connectivity index (χ4n) is 2.67. The third-order valence-corrected chi connectivity index (χ3v) is 3.67. The van der Waals surface area contributed by atoms with Gasteiger partial charge in [0.25, 0.3) is 0 Å². The van der Waals surface area contributed by atoms with E-state index in [0.717, 1.165) is 12.3 Å². The maximum absolute atomic E-state index is 10.6. The van der Waals surface area contributed by atoms with E-state index in [0.29, 0.717) is 5.92 Å². The number of hydrazone groups is 1. The Morgan fingerprint density at radius 3 is 2.81 bits per heavy atom. The monoisotopic (exact) mass is 223 g/mol. The van der Waals surface area contributed by atoms with E-state index in [-0.39, 0.29) is 0 Å². The van der Waals surface area contributed by atoms with Crippen molar-refractivity contribution < 1.29 is 4.79 Å². The van der Waals surface area contributed by atoms with Gasteiger partial charge in [-0.2, -0.15) is 5.10 Å². The van der Waals surface area contributed by atoms with Crippen LogP contribution >= 0.6 is 0 Å². The second-order valence-corrected chi connectivity index (χ2v) is 4.99. The topological polar surface area (TPSA) is 67.5 Å². The molecule has 2 aliphatic rings. The molecule has 90 valence electrons. The van der Waals surface area contributed by atoms with Crippen LogP contribution in [0, 0.1) is 11.8 Å². The van der Waals surface area contributed by atoms with E-state index < -0.39 is 6.03 Å². The number of amides is 2. The molecule has 2 rings (SSSR count). The number of urea groups is 1. The lowest BCUT2D eigenvalue weighted by Crippen LogP contribution is -2.26. The second-order valence-electron chi connectivity index (χ2n) is 4.99. The number of nitrogens with one attached hydrogen (secondary N) is 1. The molecule has 3 N–H and O–H groups in total. The van der Waals surface area contributed by atoms with Gasteiger partial charge in [-0.15, -0.1) is 0 Å². The summed E-state index contributed by atoms with van der Waals surface area (Å²) in [6.07, 6.45) is 10.2. The summed E-state index contributed by atoms with van der Waals surface area (Å²) in [6, 6.07) is -0.554. The molecule has 0 aromatic heterocycles. The van der Waals surface area contributed by atoms with Crippen molar-refractivity contribution in [3.05, 3.63) is 0 Å². The Hall–Kier alpha value is -1.06. The summed E-state index contributed by atoms with van der Waals surface area (Å²) in [7, 11) is 0. The number of rotatable bonds is 1. The average Bonchev–Trinajstić information content (AvgIpc) is 3.01. The minimum atomic E-state index is -0.554. The summed E-state index contributed by atoms with van der Waals surface area (Å²) in [5.41, 5.74) is 8.59. The first-order chi connectivity index (χ1) is 7.77. The average molecular weight is 223 g/mol. The van der Waals surface area contributed by atoms with Crippen LogP contribution in [0.3, 0.4) is 0 Å². The highest BCUT2D eigenvalue weighted by molar-refractivity contribution is 5.90. The Kier molecular flexibility index (Phi) is 3.80. The molecule has 0 heterocycles. The lowest BCUT2D eigenvalue weighted by molar-refractivity contribution is 0.249. The summed E-state index contributed by atoms with van der Waals surface area (Å²) in [4.78, 5) is 10.6. The predicted molar refractivity (Wildman–Crippen MR) is 64.1 cm³/mol. The van der Waals surface area contributed by atoms with Crippen LogP contribution < -0.4 is 11.2 Å². The minimum absolute atomic E-state index is 0.554. The van der Waals surface area contributed by atoms with Crippen molar-refractivity contribution in [1.29, 1.82) is 0 Å². The lowest BCUT2D eigenvalue weighted by Gasteiger charge is -2.09. The fraction of sp³-hybridized carbons (Fsp3) is 0.833. The first kappa shape index (κ1) is 11.4. The molecular formula is C12H21N3O. The summed E-state index contributed by atoms with van der Waals surface area (Å²) in [5, 5.41) is 4.17. The van der Waals surface area contributed by atoms with Gasteiger partial charge in [-0.3, -0.25) is 0 Å². The Labute approximate surface area is 96.7 Å². The highest BCUT2D eigenvalue weighted by Crippen LogP contribution is 2.45. The van der Waals surface area contributed by atoms with E-state index in [2.05, 4.69) is 10.5 Å². The zero-order valence-corrected chi connectivity index (χ0v) is 9.74. The van der Waals surface area contributed by atoms with Crippen LogP contribution in [0.15, 0.2) is 5.10 Å². The van der Waals surface area contributed by atoms with Gasteiger partial charge in [0.15, 0.2) is 0 Å². The highest BCUT2D eigenvalue weighted by Gasteiger charge is 2.40. The number of nitrogens with two attached hydrogens (primary N) is 1. The molecule has 0 aromatic rings. The number of fused-ring (bicyclic) bond motifs is 1. The largest absolute Gasteiger partial charge is 0.350 e. The van der Waals surface area contributed by atoms with E-state index in [1.54, 1.807) is 0 Å². The first-order valence-corrected chi connectivity index (χ1v) is 6.39. The lowest BCUT2D eigenvalue weighted by atomic mass is 10.00. The van der Waals surface area contributed by atoms with E-state index in [1.165, 1.54) is 50.7 Å². The number of carbonyl (C=O) groups is 1. The first-order valence-electron chi connectivity index (χ1n) is 6.39. The molecule has 2 aliphatic carbocycles.